The van der Waals surface area contributed by atoms with Crippen LogP contribution in [-0.4, -0.2) is 125 Å². The number of thiazole rings is 1. The first-order valence-electron chi connectivity index (χ1n) is 21.5. The molecule has 1 aliphatic rings. The van der Waals surface area contributed by atoms with E-state index in [-0.39, 0.29) is 36.4 Å². The fourth-order valence-corrected chi connectivity index (χ4v) is 5.88. The van der Waals surface area contributed by atoms with E-state index in [1.54, 1.807) is 50.6 Å². The molecule has 2 atom stereocenters. The maximum absolute atomic E-state index is 13.0. The van der Waals surface area contributed by atoms with Crippen molar-refractivity contribution in [2.75, 3.05) is 68.4 Å². The first-order chi connectivity index (χ1) is 30.8. The molecule has 1 aromatic heterocycles. The first kappa shape index (κ1) is 66.9. The van der Waals surface area contributed by atoms with E-state index in [2.05, 4.69) is 71.8 Å². The molecule has 0 spiro atoms. The molecule has 15 nitrogen and oxygen atoms in total. The lowest BCUT2D eigenvalue weighted by atomic mass is 9.86. The van der Waals surface area contributed by atoms with E-state index in [1.165, 1.54) is 25.5 Å². The highest BCUT2D eigenvalue weighted by Crippen LogP contribution is 2.30. The van der Waals surface area contributed by atoms with Crippen molar-refractivity contribution < 1.29 is 48.7 Å². The van der Waals surface area contributed by atoms with Gasteiger partial charge >= 0.3 is 0 Å². The number of nitrogens with zero attached hydrogens (tertiary/aromatic N) is 2. The lowest BCUT2D eigenvalue weighted by molar-refractivity contribution is -0.131. The van der Waals surface area contributed by atoms with Crippen molar-refractivity contribution in [3.05, 3.63) is 95.7 Å². The van der Waals surface area contributed by atoms with Crippen LogP contribution in [0.5, 0.6) is 5.75 Å². The number of aryl methyl sites for hydroxylation is 1. The number of likely N-dealkylation sites (N-methyl/N-ethyl adjacent to an activating group) is 1. The molecule has 1 saturated heterocycles. The monoisotopic (exact) mass is 936 g/mol. The fraction of sp³-hybridized carbons (Fsp3) is 0.551. The zero-order valence-electron chi connectivity index (χ0n) is 42.2. The summed E-state index contributed by atoms with van der Waals surface area (Å²) in [7, 11) is 7.30. The molecule has 2 amide bonds. The number of hydrogen-bond acceptors (Lipinski definition) is 14. The summed E-state index contributed by atoms with van der Waals surface area (Å²) >= 11 is 1.63. The molecule has 2 unspecified atom stereocenters. The molecular formula is C49H85N5O10S. The topological polar surface area (TPSA) is 201 Å². The van der Waals surface area contributed by atoms with Crippen molar-refractivity contribution in [1.29, 1.82) is 0 Å². The maximum atomic E-state index is 13.0. The maximum Gasteiger partial charge on any atom is 0.292 e. The van der Waals surface area contributed by atoms with Crippen molar-refractivity contribution in [3.8, 4) is 16.3 Å². The molecule has 0 aliphatic carbocycles. The number of ether oxygens (including phenoxy) is 4. The second kappa shape index (κ2) is 42.0. The molecule has 372 valence electrons. The smallest absolute Gasteiger partial charge is 0.292 e. The summed E-state index contributed by atoms with van der Waals surface area (Å²) in [6.07, 6.45) is 3.82. The molecule has 65 heavy (non-hydrogen) atoms. The zero-order valence-corrected chi connectivity index (χ0v) is 43.0. The van der Waals surface area contributed by atoms with Gasteiger partial charge in [-0.25, -0.2) is 9.99 Å². The summed E-state index contributed by atoms with van der Waals surface area (Å²) in [5.74, 6) is 1.34. The zero-order chi connectivity index (χ0) is 50.9. The number of methoxy groups -OCH3 is 3. The molecule has 0 bridgehead atoms. The molecule has 3 aromatic rings. The van der Waals surface area contributed by atoms with Crippen LogP contribution < -0.4 is 20.8 Å². The number of hydrogen-bond donors (Lipinski definition) is 6. The Bertz CT molecular complexity index is 1600. The molecule has 1 fully saturated rings. The minimum absolute atomic E-state index is 0.00516. The lowest BCUT2D eigenvalue weighted by Crippen LogP contribution is -2.56. The number of amides is 2. The van der Waals surface area contributed by atoms with Crippen molar-refractivity contribution in [3.63, 3.8) is 0 Å². The van der Waals surface area contributed by atoms with Crippen molar-refractivity contribution in [1.82, 2.24) is 26.1 Å². The van der Waals surface area contributed by atoms with Crippen LogP contribution in [0.1, 0.15) is 92.0 Å². The lowest BCUT2D eigenvalue weighted by Gasteiger charge is -2.33. The van der Waals surface area contributed by atoms with Crippen molar-refractivity contribution in [2.24, 2.45) is 5.41 Å². The Morgan fingerprint density at radius 3 is 1.85 bits per heavy atom. The van der Waals surface area contributed by atoms with Gasteiger partial charge in [0.1, 0.15) is 16.5 Å². The molecule has 1 aliphatic heterocycles. The van der Waals surface area contributed by atoms with E-state index in [4.69, 9.17) is 29.5 Å². The molecule has 6 N–H and O–H groups in total. The van der Waals surface area contributed by atoms with Gasteiger partial charge in [0.2, 0.25) is 6.41 Å². The van der Waals surface area contributed by atoms with E-state index in [1.807, 2.05) is 83.1 Å². The Hall–Kier alpha value is -4.68. The predicted molar refractivity (Wildman–Crippen MR) is 267 cm³/mol. The Morgan fingerprint density at radius 1 is 0.985 bits per heavy atom. The first-order valence-corrected chi connectivity index (χ1v) is 22.4. The largest absolute Gasteiger partial charge is 0.497 e. The summed E-state index contributed by atoms with van der Waals surface area (Å²) in [5.41, 5.74) is 7.01. The summed E-state index contributed by atoms with van der Waals surface area (Å²) in [6.45, 7) is 30.3. The van der Waals surface area contributed by atoms with Crippen LogP contribution in [0.15, 0.2) is 78.9 Å². The van der Waals surface area contributed by atoms with Gasteiger partial charge in [0.15, 0.2) is 0 Å². The molecule has 4 rings (SSSR count). The van der Waals surface area contributed by atoms with E-state index in [0.717, 1.165) is 47.9 Å². The number of aromatic nitrogens is 1. The normalized spacial score (nSPS) is 11.9. The number of nitrogens with one attached hydrogen (secondary N) is 3. The molecular weight excluding hydrogens is 851 g/mol. The van der Waals surface area contributed by atoms with Crippen LogP contribution in [0.4, 0.5) is 0 Å². The molecule has 2 heterocycles. The predicted octanol–water partition coefficient (Wildman–Crippen LogP) is 7.24. The third-order valence-corrected chi connectivity index (χ3v) is 8.96. The highest BCUT2D eigenvalue weighted by molar-refractivity contribution is 7.13. The highest BCUT2D eigenvalue weighted by Gasteiger charge is 2.31. The van der Waals surface area contributed by atoms with Gasteiger partial charge in [0, 0.05) is 62.9 Å². The van der Waals surface area contributed by atoms with Gasteiger partial charge in [-0.15, -0.1) is 11.3 Å². The van der Waals surface area contributed by atoms with Gasteiger partial charge in [-0.05, 0) is 62.9 Å². The summed E-state index contributed by atoms with van der Waals surface area (Å²) in [4.78, 5) is 37.3. The van der Waals surface area contributed by atoms with Crippen LogP contribution in [0.2, 0.25) is 0 Å². The number of allylic oxidation sites excluding steroid dienone is 1. The van der Waals surface area contributed by atoms with Gasteiger partial charge in [0.25, 0.3) is 12.4 Å². The van der Waals surface area contributed by atoms with E-state index in [9.17, 15) is 14.7 Å². The Labute approximate surface area is 395 Å². The Kier molecular flexibility index (Phi) is 43.2. The number of aliphatic hydroxyl groups excluding tert-OH is 3. The van der Waals surface area contributed by atoms with Gasteiger partial charge < -0.3 is 44.9 Å². The Balaban J connectivity index is -0.000000479. The third kappa shape index (κ3) is 35.3. The standard InChI is InChI=1S/C25H39N5O3S.C8H10O.C5H8O.C4H8O.C2H4O2.C2H6O.C2H6.CH4O/c1-24(2,3)20-15-34-23(28-20)18-10-8-17(9-11-18)13-30(14-19(32)12-27-16-31)29-22(33)21(26-7)25(4,5)6;1-7-3-5-8(9-2)6-4-7;1-4-5(2)6-3;1-2-4-5-3-1;1-4-2-3;1-2-3;2*1-2/h8-11,15-16,19,21,26,32H,12-14H2,1-7H3,(H,27,31)(H,29,33);3-6H,1-2H3;4H,1-2H2,3H3;1-4H2;2H,1H3;3H,2H2,1H3;1-2H3;2H,1H3. The molecule has 0 saturated carbocycles. The molecule has 2 aromatic carbocycles. The van der Waals surface area contributed by atoms with Crippen LogP contribution in [0, 0.1) is 12.3 Å². The van der Waals surface area contributed by atoms with Crippen molar-refractivity contribution >= 4 is 30.1 Å². The van der Waals surface area contributed by atoms with Crippen LogP contribution >= 0.6 is 11.3 Å². The average Bonchev–Trinajstić information content (AvgIpc) is 4.05. The molecule has 0 radical (unpaired) electrons. The number of carbonyl (C=O) groups is 3. The number of aliphatic hydroxyl groups is 3. The van der Waals surface area contributed by atoms with E-state index in [0.29, 0.717) is 25.2 Å². The van der Waals surface area contributed by atoms with Gasteiger partial charge in [-0.2, -0.15) is 0 Å². The highest BCUT2D eigenvalue weighted by atomic mass is 32.1. The third-order valence-electron chi connectivity index (χ3n) is 8.07. The van der Waals surface area contributed by atoms with Crippen LogP contribution in [0.25, 0.3) is 10.6 Å². The van der Waals surface area contributed by atoms with Crippen LogP contribution in [-0.2, 0) is 40.6 Å². The fourth-order valence-electron chi connectivity index (χ4n) is 4.82. The molecule has 16 heteroatoms. The Morgan fingerprint density at radius 2 is 1.51 bits per heavy atom. The number of benzene rings is 2. The summed E-state index contributed by atoms with van der Waals surface area (Å²) in [5, 5.41) is 35.2. The second-order valence-corrected chi connectivity index (χ2v) is 16.3. The van der Waals surface area contributed by atoms with Gasteiger partial charge in [-0.1, -0.05) is 111 Å². The quantitative estimate of drug-likeness (QED) is 0.0386. The van der Waals surface area contributed by atoms with Crippen LogP contribution in [0.3, 0.4) is 0 Å². The number of hydrazine groups is 1. The minimum Gasteiger partial charge on any atom is -0.497 e. The van der Waals surface area contributed by atoms with Crippen molar-refractivity contribution in [2.45, 2.75) is 106 Å². The minimum atomic E-state index is -0.835. The average molecular weight is 936 g/mol. The number of carbonyl (C=O) groups excluding carboxylic acids is 3. The van der Waals surface area contributed by atoms with E-state index >= 15 is 0 Å². The van der Waals surface area contributed by atoms with Gasteiger partial charge in [-0.3, -0.25) is 19.8 Å². The summed E-state index contributed by atoms with van der Waals surface area (Å²) < 4.78 is 18.4. The second-order valence-electron chi connectivity index (χ2n) is 15.5. The van der Waals surface area contributed by atoms with E-state index < -0.39 is 12.1 Å². The number of rotatable bonds is 15. The summed E-state index contributed by atoms with van der Waals surface area (Å²) in [6, 6.07) is 15.6. The van der Waals surface area contributed by atoms with Gasteiger partial charge in [0.05, 0.1) is 39.2 Å². The SMILES string of the molecule is C1CCOC1.C=CC(=C)OC.CC.CCO.CNC(C(=O)NN(Cc1ccc(-c2nc(C(C)(C)C)cs2)cc1)CC(O)CNC=O)C(C)(C)C.CO.COC=O.COc1ccc(C)cc1.